The molecular weight excluding hydrogens is 388 g/mol. The van der Waals surface area contributed by atoms with Crippen LogP contribution in [-0.2, 0) is 6.54 Å². The molecule has 0 bridgehead atoms. The lowest BCUT2D eigenvalue weighted by Crippen LogP contribution is -2.38. The number of rotatable bonds is 9. The van der Waals surface area contributed by atoms with Gasteiger partial charge in [-0.1, -0.05) is 42.5 Å². The lowest BCUT2D eigenvalue weighted by Gasteiger charge is -2.21. The van der Waals surface area contributed by atoms with Gasteiger partial charge >= 0.3 is 6.03 Å². The second kappa shape index (κ2) is 10.7. The molecule has 2 N–H and O–H groups in total. The smallest absolute Gasteiger partial charge is 0.318 e. The van der Waals surface area contributed by atoms with Crippen LogP contribution in [0.15, 0.2) is 54.6 Å². The Bertz CT molecular complexity index is 992. The lowest BCUT2D eigenvalue weighted by molar-refractivity contribution is 0.202. The normalized spacial score (nSPS) is 12.0. The minimum absolute atomic E-state index is 0.0809. The number of aromatic nitrogens is 2. The number of fused-ring (bicyclic) bond motifs is 1. The molecule has 2 aromatic carbocycles. The van der Waals surface area contributed by atoms with Gasteiger partial charge in [-0.15, -0.1) is 0 Å². The highest BCUT2D eigenvalue weighted by Gasteiger charge is 2.16. The Kier molecular flexibility index (Phi) is 7.78. The number of nitrogens with one attached hydrogen (secondary N) is 2. The van der Waals surface area contributed by atoms with Crippen molar-refractivity contribution in [1.82, 2.24) is 25.1 Å². The van der Waals surface area contributed by atoms with E-state index < -0.39 is 0 Å². The first kappa shape index (κ1) is 22.5. The van der Waals surface area contributed by atoms with Crippen molar-refractivity contribution in [1.29, 1.82) is 0 Å². The maximum Gasteiger partial charge on any atom is 0.318 e. The van der Waals surface area contributed by atoms with Gasteiger partial charge in [-0.2, -0.15) is 0 Å². The quantitative estimate of drug-likeness (QED) is 0.514. The Morgan fingerprint density at radius 3 is 2.45 bits per heavy atom. The minimum Gasteiger partial charge on any atom is -0.369 e. The van der Waals surface area contributed by atoms with Crippen LogP contribution in [0.1, 0.15) is 30.8 Å². The first-order valence-electron chi connectivity index (χ1n) is 10.6. The molecule has 0 aliphatic carbocycles. The van der Waals surface area contributed by atoms with E-state index in [0.29, 0.717) is 12.4 Å². The number of nitrogens with zero attached hydrogens (tertiary/aromatic N) is 4. The van der Waals surface area contributed by atoms with Gasteiger partial charge in [-0.25, -0.2) is 14.8 Å². The average Bonchev–Trinajstić information content (AvgIpc) is 2.77. The molecule has 3 aromatic rings. The van der Waals surface area contributed by atoms with Crippen molar-refractivity contribution in [3.05, 3.63) is 66.0 Å². The summed E-state index contributed by atoms with van der Waals surface area (Å²) in [4.78, 5) is 25.9. The Morgan fingerprint density at radius 1 is 1.00 bits per heavy atom. The summed E-state index contributed by atoms with van der Waals surface area (Å²) >= 11 is 0. The maximum atomic E-state index is 12.7. The molecule has 0 saturated carbocycles. The monoisotopic (exact) mass is 420 g/mol. The fraction of sp³-hybridized carbons (Fsp3) is 0.375. The van der Waals surface area contributed by atoms with Gasteiger partial charge in [0, 0.05) is 19.0 Å². The molecule has 7 nitrogen and oxygen atoms in total. The van der Waals surface area contributed by atoms with E-state index in [1.807, 2.05) is 61.5 Å². The molecule has 1 heterocycles. The molecular formula is C24H32N6O. The van der Waals surface area contributed by atoms with Crippen LogP contribution in [0.3, 0.4) is 0 Å². The number of benzene rings is 2. The highest BCUT2D eigenvalue weighted by Crippen LogP contribution is 2.20. The van der Waals surface area contributed by atoms with Gasteiger partial charge in [0.15, 0.2) is 5.82 Å². The van der Waals surface area contributed by atoms with E-state index in [2.05, 4.69) is 34.6 Å². The average molecular weight is 421 g/mol. The summed E-state index contributed by atoms with van der Waals surface area (Å²) in [5, 5.41) is 7.46. The molecule has 1 aromatic heterocycles. The lowest BCUT2D eigenvalue weighted by atomic mass is 10.1. The zero-order valence-electron chi connectivity index (χ0n) is 18.8. The molecule has 0 aliphatic heterocycles. The van der Waals surface area contributed by atoms with Crippen LogP contribution in [0.2, 0.25) is 0 Å². The number of carbonyl (C=O) groups is 1. The van der Waals surface area contributed by atoms with Crippen LogP contribution in [0, 0.1) is 0 Å². The highest BCUT2D eigenvalue weighted by molar-refractivity contribution is 5.89. The molecule has 0 saturated heterocycles. The molecule has 3 rings (SSSR count). The van der Waals surface area contributed by atoms with Crippen molar-refractivity contribution in [2.75, 3.05) is 39.5 Å². The van der Waals surface area contributed by atoms with E-state index in [1.54, 1.807) is 11.9 Å². The summed E-state index contributed by atoms with van der Waals surface area (Å²) in [6.07, 6.45) is 1.01. The third-order valence-electron chi connectivity index (χ3n) is 5.09. The number of hydrogen-bond donors (Lipinski definition) is 2. The van der Waals surface area contributed by atoms with Gasteiger partial charge < -0.3 is 20.4 Å². The molecule has 1 atom stereocenters. The molecule has 0 fully saturated rings. The highest BCUT2D eigenvalue weighted by atomic mass is 16.2. The number of anilines is 1. The van der Waals surface area contributed by atoms with E-state index in [1.165, 1.54) is 0 Å². The van der Waals surface area contributed by atoms with Crippen molar-refractivity contribution in [3.8, 4) is 0 Å². The minimum atomic E-state index is -0.159. The van der Waals surface area contributed by atoms with Crippen LogP contribution in [0.25, 0.3) is 10.9 Å². The van der Waals surface area contributed by atoms with Gasteiger partial charge in [0.1, 0.15) is 5.82 Å². The van der Waals surface area contributed by atoms with Gasteiger partial charge in [-0.3, -0.25) is 0 Å². The Balaban J connectivity index is 1.69. The standard InChI is InChI=1S/C24H32N6O/c1-18(19-11-6-5-7-12-19)26-24(31)30(4)17-22-27-21-14-9-8-13-20(21)23(28-22)25-15-10-16-29(2)3/h5-9,11-14,18H,10,15-17H2,1-4H3,(H,26,31)(H,25,27,28)/t18-/m1/s1. The molecule has 2 amide bonds. The number of carbonyl (C=O) groups excluding carboxylic acids is 1. The number of amides is 2. The van der Waals surface area contributed by atoms with E-state index in [9.17, 15) is 4.79 Å². The van der Waals surface area contributed by atoms with Crippen LogP contribution in [0.4, 0.5) is 10.6 Å². The molecule has 31 heavy (non-hydrogen) atoms. The summed E-state index contributed by atoms with van der Waals surface area (Å²) in [6, 6.07) is 17.6. The summed E-state index contributed by atoms with van der Waals surface area (Å²) in [5.41, 5.74) is 1.93. The second-order valence-electron chi connectivity index (χ2n) is 8.03. The predicted octanol–water partition coefficient (Wildman–Crippen LogP) is 3.90. The summed E-state index contributed by atoms with van der Waals surface area (Å²) in [7, 11) is 5.89. The van der Waals surface area contributed by atoms with Crippen LogP contribution in [-0.4, -0.2) is 60.0 Å². The van der Waals surface area contributed by atoms with Crippen molar-refractivity contribution in [3.63, 3.8) is 0 Å². The Morgan fingerprint density at radius 2 is 1.71 bits per heavy atom. The first-order valence-corrected chi connectivity index (χ1v) is 10.6. The van der Waals surface area contributed by atoms with Crippen molar-refractivity contribution in [2.45, 2.75) is 25.9 Å². The second-order valence-corrected chi connectivity index (χ2v) is 8.03. The van der Waals surface area contributed by atoms with Crippen LogP contribution >= 0.6 is 0 Å². The zero-order valence-corrected chi connectivity index (χ0v) is 18.8. The van der Waals surface area contributed by atoms with Gasteiger partial charge in [0.2, 0.25) is 0 Å². The Hall–Kier alpha value is -3.19. The molecule has 0 aliphatic rings. The predicted molar refractivity (Wildman–Crippen MR) is 126 cm³/mol. The number of para-hydroxylation sites is 1. The third-order valence-corrected chi connectivity index (χ3v) is 5.09. The molecule has 7 heteroatoms. The first-order chi connectivity index (χ1) is 14.9. The fourth-order valence-electron chi connectivity index (χ4n) is 3.34. The molecule has 0 unspecified atom stereocenters. The summed E-state index contributed by atoms with van der Waals surface area (Å²) < 4.78 is 0. The van der Waals surface area contributed by atoms with E-state index in [-0.39, 0.29) is 12.1 Å². The largest absolute Gasteiger partial charge is 0.369 e. The van der Waals surface area contributed by atoms with E-state index >= 15 is 0 Å². The number of urea groups is 1. The molecule has 0 radical (unpaired) electrons. The maximum absolute atomic E-state index is 12.7. The topological polar surface area (TPSA) is 73.4 Å². The Labute approximate surface area is 184 Å². The fourth-order valence-corrected chi connectivity index (χ4v) is 3.34. The van der Waals surface area contributed by atoms with Gasteiger partial charge in [0.25, 0.3) is 0 Å². The van der Waals surface area contributed by atoms with Crippen molar-refractivity contribution >= 4 is 22.8 Å². The molecule has 0 spiro atoms. The van der Waals surface area contributed by atoms with E-state index in [0.717, 1.165) is 41.8 Å². The zero-order chi connectivity index (χ0) is 22.2. The summed E-state index contributed by atoms with van der Waals surface area (Å²) in [6.45, 7) is 4.13. The third kappa shape index (κ3) is 6.39. The SMILES string of the molecule is C[C@@H](NC(=O)N(C)Cc1nc(NCCCN(C)C)c2ccccc2n1)c1ccccc1. The van der Waals surface area contributed by atoms with Crippen molar-refractivity contribution < 1.29 is 4.79 Å². The van der Waals surface area contributed by atoms with Crippen LogP contribution < -0.4 is 10.6 Å². The van der Waals surface area contributed by atoms with E-state index in [4.69, 9.17) is 4.98 Å². The summed E-state index contributed by atoms with van der Waals surface area (Å²) in [5.74, 6) is 1.42. The van der Waals surface area contributed by atoms with Crippen LogP contribution in [0.5, 0.6) is 0 Å². The molecule has 164 valence electrons. The number of hydrogen-bond acceptors (Lipinski definition) is 5. The van der Waals surface area contributed by atoms with Gasteiger partial charge in [-0.05, 0) is 51.7 Å². The van der Waals surface area contributed by atoms with Crippen molar-refractivity contribution in [2.24, 2.45) is 0 Å². The van der Waals surface area contributed by atoms with Gasteiger partial charge in [0.05, 0.1) is 18.1 Å².